The van der Waals surface area contributed by atoms with Crippen LogP contribution in [0.1, 0.15) is 84.6 Å². The van der Waals surface area contributed by atoms with Crippen molar-refractivity contribution >= 4 is 44.5 Å². The Morgan fingerprint density at radius 1 is 1.08 bits per heavy atom. The summed E-state index contributed by atoms with van der Waals surface area (Å²) in [6.45, 7) is 5.43. The molecule has 0 spiro atoms. The van der Waals surface area contributed by atoms with Crippen LogP contribution in [0.2, 0.25) is 0 Å². The maximum atomic E-state index is 15.0. The molecule has 52 heavy (non-hydrogen) atoms. The number of benzene rings is 2. The van der Waals surface area contributed by atoms with Gasteiger partial charge in [0.25, 0.3) is 11.9 Å². The monoisotopic (exact) mass is 734 g/mol. The number of anilines is 1. The van der Waals surface area contributed by atoms with Crippen molar-refractivity contribution in [2.45, 2.75) is 113 Å². The summed E-state index contributed by atoms with van der Waals surface area (Å²) in [5.74, 6) is -2.48. The first-order valence-corrected chi connectivity index (χ1v) is 19.8. The molecule has 3 fully saturated rings. The summed E-state index contributed by atoms with van der Waals surface area (Å²) in [6, 6.07) is 12.4. The molecule has 0 bridgehead atoms. The summed E-state index contributed by atoms with van der Waals surface area (Å²) >= 11 is 0. The fourth-order valence-corrected chi connectivity index (χ4v) is 8.79. The van der Waals surface area contributed by atoms with Gasteiger partial charge in [-0.15, -0.1) is 0 Å². The number of hydrogen-bond acceptors (Lipinski definition) is 8. The Kier molecular flexibility index (Phi) is 9.55. The number of aromatic nitrogens is 2. The molecule has 0 radical (unpaired) electrons. The highest BCUT2D eigenvalue weighted by molar-refractivity contribution is 7.91. The summed E-state index contributed by atoms with van der Waals surface area (Å²) in [4.78, 5) is 48.9. The van der Waals surface area contributed by atoms with Crippen LogP contribution in [0, 0.1) is 11.7 Å². The van der Waals surface area contributed by atoms with Crippen LogP contribution in [-0.2, 0) is 24.4 Å². The predicted octanol–water partition coefficient (Wildman–Crippen LogP) is 4.98. The first-order valence-electron chi connectivity index (χ1n) is 18.3. The van der Waals surface area contributed by atoms with Gasteiger partial charge < -0.3 is 20.3 Å². The third-order valence-electron chi connectivity index (χ3n) is 11.0. The first kappa shape index (κ1) is 35.9. The number of fused-ring (bicyclic) bond motifs is 3. The van der Waals surface area contributed by atoms with Gasteiger partial charge in [-0.05, 0) is 83.6 Å². The Bertz CT molecular complexity index is 2000. The van der Waals surface area contributed by atoms with E-state index in [-0.39, 0.29) is 37.3 Å². The molecule has 3 amide bonds. The van der Waals surface area contributed by atoms with E-state index in [1.165, 1.54) is 11.0 Å². The Labute approximate surface area is 303 Å². The van der Waals surface area contributed by atoms with E-state index in [9.17, 15) is 22.8 Å². The lowest BCUT2D eigenvalue weighted by molar-refractivity contribution is -0.140. The molecule has 5 atom stereocenters. The summed E-state index contributed by atoms with van der Waals surface area (Å²) in [5.41, 5.74) is 0.0136. The van der Waals surface area contributed by atoms with Gasteiger partial charge in [0, 0.05) is 24.1 Å². The largest absolute Gasteiger partial charge is 0.459 e. The second-order valence-corrected chi connectivity index (χ2v) is 17.4. The van der Waals surface area contributed by atoms with Crippen LogP contribution in [-0.4, -0.2) is 75.6 Å². The SMILES string of the molecule is CC(C)n1c(O[C@@H]2C[C@H]3C(=O)N[C@]4(C(=O)NS(=O)(=O)C5(C)CC5)C[C@@H]4/C=C\CCCCC[C@H](Nc4ccccc4)C(=O)N3C2)nc2cccc(F)c21. The van der Waals surface area contributed by atoms with Gasteiger partial charge in [0.15, 0.2) is 0 Å². The fraction of sp³-hybridized carbons (Fsp3) is 0.526. The zero-order valence-corrected chi connectivity index (χ0v) is 30.6. The Balaban J connectivity index is 1.21. The lowest BCUT2D eigenvalue weighted by Crippen LogP contribution is -2.58. The number of nitrogens with one attached hydrogen (secondary N) is 3. The van der Waals surface area contributed by atoms with Gasteiger partial charge in [-0.25, -0.2) is 12.8 Å². The number of sulfonamides is 1. The normalized spacial score (nSPS) is 28.2. The Morgan fingerprint density at radius 3 is 2.58 bits per heavy atom. The van der Waals surface area contributed by atoms with E-state index in [2.05, 4.69) is 20.3 Å². The van der Waals surface area contributed by atoms with Gasteiger partial charge in [0.1, 0.15) is 35.1 Å². The molecule has 4 aliphatic rings. The first-order chi connectivity index (χ1) is 24.8. The van der Waals surface area contributed by atoms with Crippen molar-refractivity contribution < 1.29 is 31.9 Å². The molecule has 3 N–H and O–H groups in total. The van der Waals surface area contributed by atoms with Crippen LogP contribution in [0.5, 0.6) is 6.01 Å². The number of rotatable bonds is 8. The van der Waals surface area contributed by atoms with Crippen molar-refractivity contribution in [3.05, 3.63) is 66.5 Å². The van der Waals surface area contributed by atoms with Crippen LogP contribution in [0.15, 0.2) is 60.7 Å². The van der Waals surface area contributed by atoms with E-state index in [0.717, 1.165) is 31.4 Å². The molecule has 2 aliphatic heterocycles. The average Bonchev–Trinajstić information content (AvgIpc) is 3.92. The van der Waals surface area contributed by atoms with Gasteiger partial charge in [0.2, 0.25) is 21.8 Å². The number of amides is 3. The van der Waals surface area contributed by atoms with Crippen LogP contribution in [0.25, 0.3) is 11.0 Å². The minimum absolute atomic E-state index is 0.0446. The van der Waals surface area contributed by atoms with E-state index in [4.69, 9.17) is 4.74 Å². The highest BCUT2D eigenvalue weighted by Gasteiger charge is 2.63. The van der Waals surface area contributed by atoms with Gasteiger partial charge in [0.05, 0.1) is 16.8 Å². The minimum Gasteiger partial charge on any atom is -0.459 e. The van der Waals surface area contributed by atoms with E-state index in [1.54, 1.807) is 23.6 Å². The number of hydrogen-bond donors (Lipinski definition) is 3. The number of carbonyl (C=O) groups is 3. The lowest BCUT2D eigenvalue weighted by Gasteiger charge is -2.30. The van der Waals surface area contributed by atoms with Crippen molar-refractivity contribution in [1.29, 1.82) is 0 Å². The molecule has 1 saturated heterocycles. The number of halogens is 1. The lowest BCUT2D eigenvalue weighted by atomic mass is 10.0. The van der Waals surface area contributed by atoms with Gasteiger partial charge in [-0.3, -0.25) is 23.7 Å². The van der Waals surface area contributed by atoms with Crippen molar-refractivity contribution in [1.82, 2.24) is 24.5 Å². The number of carbonyl (C=O) groups excluding carboxylic acids is 3. The number of allylic oxidation sites excluding steroid dienone is 1. The molecule has 14 heteroatoms. The van der Waals surface area contributed by atoms with E-state index in [1.807, 2.05) is 56.3 Å². The molecule has 3 heterocycles. The van der Waals surface area contributed by atoms with Crippen LogP contribution < -0.4 is 20.1 Å². The third-order valence-corrected chi connectivity index (χ3v) is 13.2. The van der Waals surface area contributed by atoms with Crippen molar-refractivity contribution in [2.75, 3.05) is 11.9 Å². The van der Waals surface area contributed by atoms with Gasteiger partial charge in [-0.1, -0.05) is 49.3 Å². The molecule has 278 valence electrons. The molecular weight excluding hydrogens is 688 g/mol. The van der Waals surface area contributed by atoms with Crippen molar-refractivity contribution in [3.63, 3.8) is 0 Å². The highest BCUT2D eigenvalue weighted by atomic mass is 32.2. The molecule has 2 aromatic carbocycles. The van der Waals surface area contributed by atoms with Crippen LogP contribution >= 0.6 is 0 Å². The summed E-state index contributed by atoms with van der Waals surface area (Å²) in [7, 11) is -3.97. The molecule has 0 unspecified atom stereocenters. The highest BCUT2D eigenvalue weighted by Crippen LogP contribution is 2.47. The smallest absolute Gasteiger partial charge is 0.298 e. The molecule has 1 aromatic heterocycles. The van der Waals surface area contributed by atoms with E-state index < -0.39 is 62.0 Å². The summed E-state index contributed by atoms with van der Waals surface area (Å²) in [5, 5.41) is 6.31. The number of ether oxygens (including phenoxy) is 1. The molecule has 12 nitrogen and oxygen atoms in total. The van der Waals surface area contributed by atoms with Gasteiger partial charge >= 0.3 is 0 Å². The van der Waals surface area contributed by atoms with Crippen LogP contribution in [0.4, 0.5) is 10.1 Å². The third kappa shape index (κ3) is 6.89. The second-order valence-electron chi connectivity index (χ2n) is 15.2. The molecule has 2 saturated carbocycles. The maximum absolute atomic E-state index is 15.0. The number of para-hydroxylation sites is 2. The Hall–Kier alpha value is -4.46. The van der Waals surface area contributed by atoms with Crippen molar-refractivity contribution in [2.24, 2.45) is 5.92 Å². The standard InChI is InChI=1S/C38H47FN6O6S/c1-24(2)45-32-28(39)16-12-18-29(32)41-36(45)51-27-21-31-33(46)42-38(35(48)43-52(49,50)37(3)19-20-37)22-25(38)13-8-5-4-6-11-17-30(34(47)44(31)23-27)40-26-14-9-7-10-15-26/h7-10,12-16,18,24-25,27,30-31,40H,4-6,11,17,19-23H2,1-3H3,(H,42,46)(H,43,48)/b13-8-/t25-,27+,30-,31-,38+/m0/s1. The average molecular weight is 735 g/mol. The topological polar surface area (TPSA) is 152 Å². The molecule has 3 aromatic rings. The Morgan fingerprint density at radius 2 is 1.85 bits per heavy atom. The molecule has 2 aliphatic carbocycles. The summed E-state index contributed by atoms with van der Waals surface area (Å²) < 4.78 is 50.7. The van der Waals surface area contributed by atoms with Crippen molar-refractivity contribution in [3.8, 4) is 6.01 Å². The predicted molar refractivity (Wildman–Crippen MR) is 194 cm³/mol. The second kappa shape index (κ2) is 13.8. The number of imidazole rings is 1. The van der Waals surface area contributed by atoms with Crippen LogP contribution in [0.3, 0.4) is 0 Å². The quantitative estimate of drug-likeness (QED) is 0.274. The number of nitrogens with zero attached hydrogens (tertiary/aromatic N) is 3. The van der Waals surface area contributed by atoms with E-state index in [0.29, 0.717) is 30.3 Å². The zero-order chi connectivity index (χ0) is 36.8. The molecule has 7 rings (SSSR count). The summed E-state index contributed by atoms with van der Waals surface area (Å²) in [6.07, 6.45) is 8.19. The molecular formula is C38H47FN6O6S. The fourth-order valence-electron chi connectivity index (χ4n) is 7.48. The maximum Gasteiger partial charge on any atom is 0.298 e. The van der Waals surface area contributed by atoms with E-state index >= 15 is 4.39 Å². The van der Waals surface area contributed by atoms with Gasteiger partial charge in [-0.2, -0.15) is 4.98 Å². The minimum atomic E-state index is -3.97. The zero-order valence-electron chi connectivity index (χ0n) is 29.8.